The minimum absolute atomic E-state index is 0.166. The number of nitrogens with zero attached hydrogens (tertiary/aromatic N) is 3. The highest BCUT2D eigenvalue weighted by molar-refractivity contribution is 7.14. The van der Waals surface area contributed by atoms with Crippen LogP contribution in [0.15, 0.2) is 29.3 Å². The van der Waals surface area contributed by atoms with Crippen molar-refractivity contribution >= 4 is 28.8 Å². The first-order valence-corrected chi connectivity index (χ1v) is 11.1. The summed E-state index contributed by atoms with van der Waals surface area (Å²) in [6.07, 6.45) is 0. The summed E-state index contributed by atoms with van der Waals surface area (Å²) >= 11 is 1.66. The number of rotatable bonds is 3. The topological polar surface area (TPSA) is 54.4 Å². The molecule has 30 heavy (non-hydrogen) atoms. The number of aryl methyl sites for hydroxylation is 2. The fourth-order valence-electron chi connectivity index (χ4n) is 4.05. The lowest BCUT2D eigenvalue weighted by Crippen LogP contribution is -2.52. The summed E-state index contributed by atoms with van der Waals surface area (Å²) in [6, 6.07) is 8.32. The second kappa shape index (κ2) is 8.04. The predicted molar refractivity (Wildman–Crippen MR) is 120 cm³/mol. The molecule has 2 aromatic rings. The van der Waals surface area contributed by atoms with Crippen LogP contribution in [-0.2, 0) is 9.53 Å². The molecule has 1 aromatic carbocycles. The monoisotopic (exact) mass is 427 g/mol. The van der Waals surface area contributed by atoms with Crippen LogP contribution in [-0.4, -0.2) is 61.4 Å². The van der Waals surface area contributed by atoms with Crippen LogP contribution in [0, 0.1) is 19.3 Å². The third kappa shape index (κ3) is 4.09. The van der Waals surface area contributed by atoms with Crippen LogP contribution < -0.4 is 4.74 Å². The van der Waals surface area contributed by atoms with Crippen LogP contribution in [0.1, 0.15) is 29.9 Å². The SMILES string of the molecule is COC(=O)C(C)(C)CN1CCN(C2=Nc3ccc(C)cc3Oc3sc(C)cc32)CC1. The Labute approximate surface area is 182 Å². The van der Waals surface area contributed by atoms with E-state index in [0.29, 0.717) is 6.54 Å². The molecule has 0 atom stereocenters. The van der Waals surface area contributed by atoms with Gasteiger partial charge in [-0.1, -0.05) is 6.07 Å². The number of methoxy groups -OCH3 is 1. The molecule has 6 nitrogen and oxygen atoms in total. The number of thiophene rings is 1. The van der Waals surface area contributed by atoms with Crippen molar-refractivity contribution in [1.82, 2.24) is 9.80 Å². The van der Waals surface area contributed by atoms with Crippen molar-refractivity contribution in [2.45, 2.75) is 27.7 Å². The highest BCUT2D eigenvalue weighted by atomic mass is 32.1. The minimum Gasteiger partial charge on any atom is -0.469 e. The molecule has 1 fully saturated rings. The summed E-state index contributed by atoms with van der Waals surface area (Å²) in [5.41, 5.74) is 2.57. The van der Waals surface area contributed by atoms with Crippen molar-refractivity contribution in [2.24, 2.45) is 10.4 Å². The van der Waals surface area contributed by atoms with E-state index in [0.717, 1.165) is 59.6 Å². The van der Waals surface area contributed by atoms with Crippen LogP contribution in [0.4, 0.5) is 5.69 Å². The zero-order chi connectivity index (χ0) is 21.5. The van der Waals surface area contributed by atoms with Crippen LogP contribution in [0.3, 0.4) is 0 Å². The van der Waals surface area contributed by atoms with Crippen molar-refractivity contribution in [3.8, 4) is 10.8 Å². The van der Waals surface area contributed by atoms with E-state index in [1.54, 1.807) is 11.3 Å². The third-order valence-electron chi connectivity index (χ3n) is 5.64. The number of aliphatic imine (C=N–C) groups is 1. The molecule has 7 heteroatoms. The van der Waals surface area contributed by atoms with Gasteiger partial charge in [0.05, 0.1) is 18.1 Å². The molecule has 0 saturated carbocycles. The maximum Gasteiger partial charge on any atom is 0.312 e. The number of carbonyl (C=O) groups excluding carboxylic acids is 1. The zero-order valence-corrected chi connectivity index (χ0v) is 19.1. The molecule has 160 valence electrons. The van der Waals surface area contributed by atoms with Gasteiger partial charge < -0.3 is 14.4 Å². The Morgan fingerprint density at radius 3 is 2.63 bits per heavy atom. The van der Waals surface area contributed by atoms with Crippen molar-refractivity contribution in [3.63, 3.8) is 0 Å². The normalized spacial score (nSPS) is 16.8. The number of hydrogen-bond acceptors (Lipinski definition) is 7. The standard InChI is InChI=1S/C23H29N3O3S/c1-15-6-7-18-19(12-15)29-21-17(13-16(2)30-21)20(24-18)26-10-8-25(9-11-26)14-23(3,4)22(27)28-5/h6-7,12-13H,8-11,14H2,1-5H3. The van der Waals surface area contributed by atoms with E-state index in [4.69, 9.17) is 14.5 Å². The highest BCUT2D eigenvalue weighted by Gasteiger charge is 2.33. The smallest absolute Gasteiger partial charge is 0.312 e. The fraction of sp³-hybridized carbons (Fsp3) is 0.478. The first-order valence-electron chi connectivity index (χ1n) is 10.3. The summed E-state index contributed by atoms with van der Waals surface area (Å²) < 4.78 is 11.2. The van der Waals surface area contributed by atoms with Crippen molar-refractivity contribution in [1.29, 1.82) is 0 Å². The Hall–Kier alpha value is -2.38. The van der Waals surface area contributed by atoms with Gasteiger partial charge in [0.2, 0.25) is 0 Å². The summed E-state index contributed by atoms with van der Waals surface area (Å²) in [4.78, 5) is 23.0. The number of amidine groups is 1. The van der Waals surface area contributed by atoms with E-state index >= 15 is 0 Å². The molecule has 2 aliphatic heterocycles. The Bertz CT molecular complexity index is 988. The van der Waals surface area contributed by atoms with E-state index in [1.807, 2.05) is 26.0 Å². The molecule has 1 aromatic heterocycles. The lowest BCUT2D eigenvalue weighted by atomic mass is 9.92. The fourth-order valence-corrected chi connectivity index (χ4v) is 4.91. The van der Waals surface area contributed by atoms with Gasteiger partial charge in [-0.25, -0.2) is 4.99 Å². The average molecular weight is 428 g/mol. The molecule has 0 N–H and O–H groups in total. The van der Waals surface area contributed by atoms with Gasteiger partial charge in [0.15, 0.2) is 10.8 Å². The molecule has 4 rings (SSSR count). The van der Waals surface area contributed by atoms with E-state index in [1.165, 1.54) is 12.0 Å². The number of piperazine rings is 1. The summed E-state index contributed by atoms with van der Waals surface area (Å²) in [5, 5.41) is 0.907. The average Bonchev–Trinajstić information content (AvgIpc) is 3.00. The second-order valence-electron chi connectivity index (χ2n) is 8.71. The Morgan fingerprint density at radius 2 is 1.93 bits per heavy atom. The number of esters is 1. The molecule has 3 heterocycles. The Morgan fingerprint density at radius 1 is 1.20 bits per heavy atom. The molecule has 0 unspecified atom stereocenters. The van der Waals surface area contributed by atoms with Gasteiger partial charge in [-0.15, -0.1) is 11.3 Å². The third-order valence-corrected chi connectivity index (χ3v) is 6.56. The number of benzene rings is 1. The van der Waals surface area contributed by atoms with E-state index in [9.17, 15) is 4.79 Å². The first kappa shape index (κ1) is 20.9. The zero-order valence-electron chi connectivity index (χ0n) is 18.3. The molecule has 0 radical (unpaired) electrons. The van der Waals surface area contributed by atoms with Crippen molar-refractivity contribution in [3.05, 3.63) is 40.3 Å². The summed E-state index contributed by atoms with van der Waals surface area (Å²) in [7, 11) is 1.45. The van der Waals surface area contributed by atoms with Crippen molar-refractivity contribution < 1.29 is 14.3 Å². The lowest BCUT2D eigenvalue weighted by molar-refractivity contribution is -0.152. The van der Waals surface area contributed by atoms with Gasteiger partial charge >= 0.3 is 5.97 Å². The molecule has 0 aliphatic carbocycles. The van der Waals surface area contributed by atoms with Crippen LogP contribution in [0.5, 0.6) is 10.8 Å². The molecule has 0 amide bonds. The molecular weight excluding hydrogens is 398 g/mol. The van der Waals surface area contributed by atoms with E-state index in [-0.39, 0.29) is 5.97 Å². The molecular formula is C23H29N3O3S. The Balaban J connectivity index is 1.56. The second-order valence-corrected chi connectivity index (χ2v) is 9.92. The van der Waals surface area contributed by atoms with Gasteiger partial charge in [-0.05, 0) is 51.5 Å². The number of ether oxygens (including phenoxy) is 2. The quantitative estimate of drug-likeness (QED) is 0.681. The lowest BCUT2D eigenvalue weighted by Gasteiger charge is -2.39. The maximum atomic E-state index is 12.0. The number of carbonyl (C=O) groups is 1. The summed E-state index contributed by atoms with van der Waals surface area (Å²) in [5.74, 6) is 1.62. The van der Waals surface area contributed by atoms with Gasteiger partial charge in [0.1, 0.15) is 11.5 Å². The van der Waals surface area contributed by atoms with Gasteiger partial charge in [-0.2, -0.15) is 0 Å². The van der Waals surface area contributed by atoms with Gasteiger partial charge in [0.25, 0.3) is 0 Å². The largest absolute Gasteiger partial charge is 0.469 e. The van der Waals surface area contributed by atoms with Crippen molar-refractivity contribution in [2.75, 3.05) is 39.8 Å². The molecule has 2 aliphatic rings. The maximum absolute atomic E-state index is 12.0. The van der Waals surface area contributed by atoms with Crippen LogP contribution in [0.25, 0.3) is 0 Å². The first-order chi connectivity index (χ1) is 14.3. The molecule has 0 spiro atoms. The Kier molecular flexibility index (Phi) is 5.59. The van der Waals surface area contributed by atoms with Crippen LogP contribution in [0.2, 0.25) is 0 Å². The number of fused-ring (bicyclic) bond motifs is 2. The van der Waals surface area contributed by atoms with Gasteiger partial charge in [-0.3, -0.25) is 9.69 Å². The van der Waals surface area contributed by atoms with E-state index < -0.39 is 5.41 Å². The van der Waals surface area contributed by atoms with E-state index in [2.05, 4.69) is 35.8 Å². The van der Waals surface area contributed by atoms with Crippen LogP contribution >= 0.6 is 11.3 Å². The number of hydrogen-bond donors (Lipinski definition) is 0. The van der Waals surface area contributed by atoms with Gasteiger partial charge in [0, 0.05) is 37.6 Å². The minimum atomic E-state index is -0.515. The molecule has 1 saturated heterocycles. The summed E-state index contributed by atoms with van der Waals surface area (Å²) in [6.45, 7) is 12.2. The highest BCUT2D eigenvalue weighted by Crippen LogP contribution is 2.42. The predicted octanol–water partition coefficient (Wildman–Crippen LogP) is 4.37. The molecule has 0 bridgehead atoms.